The lowest BCUT2D eigenvalue weighted by molar-refractivity contribution is -0.137. The predicted octanol–water partition coefficient (Wildman–Crippen LogP) is 4.34. The van der Waals surface area contributed by atoms with Crippen LogP contribution in [0.3, 0.4) is 0 Å². The van der Waals surface area contributed by atoms with Crippen LogP contribution in [0, 0.1) is 0 Å². The molecule has 0 bridgehead atoms. The summed E-state index contributed by atoms with van der Waals surface area (Å²) in [6, 6.07) is 6.21. The highest BCUT2D eigenvalue weighted by Gasteiger charge is 2.31. The molecule has 2 N–H and O–H groups in total. The van der Waals surface area contributed by atoms with Crippen molar-refractivity contribution < 1.29 is 13.2 Å². The smallest absolute Gasteiger partial charge is 0.388 e. The van der Waals surface area contributed by atoms with Crippen molar-refractivity contribution in [1.29, 1.82) is 0 Å². The van der Waals surface area contributed by atoms with E-state index in [-0.39, 0.29) is 11.2 Å². The van der Waals surface area contributed by atoms with E-state index in [4.69, 9.17) is 11.6 Å². The Labute approximate surface area is 128 Å². The van der Waals surface area contributed by atoms with Crippen LogP contribution in [0.5, 0.6) is 0 Å². The van der Waals surface area contributed by atoms with Gasteiger partial charge in [-0.05, 0) is 24.3 Å². The molecule has 0 fully saturated rings. The zero-order valence-electron chi connectivity index (χ0n) is 11.3. The maximum atomic E-state index is 12.7. The molecule has 0 aliphatic heterocycles. The molecule has 0 radical (unpaired) electrons. The van der Waals surface area contributed by atoms with Crippen molar-refractivity contribution in [2.45, 2.75) is 6.18 Å². The molecule has 8 heteroatoms. The average molecular weight is 327 g/mol. The molecular formula is C14H10ClF3N4. The summed E-state index contributed by atoms with van der Waals surface area (Å²) in [5, 5.41) is 3.40. The van der Waals surface area contributed by atoms with Crippen molar-refractivity contribution in [3.05, 3.63) is 41.0 Å². The number of alkyl halides is 3. The number of benzene rings is 1. The van der Waals surface area contributed by atoms with E-state index in [9.17, 15) is 13.2 Å². The molecule has 0 spiro atoms. The lowest BCUT2D eigenvalue weighted by atomic mass is 10.2. The monoisotopic (exact) mass is 326 g/mol. The van der Waals surface area contributed by atoms with Gasteiger partial charge in [0.05, 0.1) is 16.1 Å². The van der Waals surface area contributed by atoms with Crippen LogP contribution in [-0.2, 0) is 6.18 Å². The summed E-state index contributed by atoms with van der Waals surface area (Å²) in [7, 11) is 1.75. The first-order valence-electron chi connectivity index (χ1n) is 6.29. The van der Waals surface area contributed by atoms with Gasteiger partial charge in [0.25, 0.3) is 0 Å². The average Bonchev–Trinajstić information content (AvgIpc) is 2.89. The number of imidazole rings is 1. The third-order valence-electron chi connectivity index (χ3n) is 3.17. The predicted molar refractivity (Wildman–Crippen MR) is 78.9 cm³/mol. The molecule has 2 heterocycles. The van der Waals surface area contributed by atoms with Gasteiger partial charge in [0.2, 0.25) is 0 Å². The molecule has 0 saturated carbocycles. The number of nitrogens with one attached hydrogen (secondary N) is 2. The van der Waals surface area contributed by atoms with Crippen LogP contribution >= 0.6 is 11.6 Å². The van der Waals surface area contributed by atoms with Crippen LogP contribution in [0.15, 0.2) is 30.5 Å². The Bertz CT molecular complexity index is 842. The first-order chi connectivity index (χ1) is 10.4. The summed E-state index contributed by atoms with van der Waals surface area (Å²) in [6.45, 7) is 0. The first kappa shape index (κ1) is 14.6. The highest BCUT2D eigenvalue weighted by Crippen LogP contribution is 2.32. The maximum absolute atomic E-state index is 12.7. The highest BCUT2D eigenvalue weighted by atomic mass is 35.5. The van der Waals surface area contributed by atoms with E-state index >= 15 is 0 Å². The number of aromatic amines is 1. The second-order valence-corrected chi connectivity index (χ2v) is 5.03. The van der Waals surface area contributed by atoms with Crippen molar-refractivity contribution in [3.63, 3.8) is 0 Å². The molecule has 0 unspecified atom stereocenters. The van der Waals surface area contributed by atoms with Crippen molar-refractivity contribution in [2.24, 2.45) is 0 Å². The normalized spacial score (nSPS) is 11.9. The Balaban J connectivity index is 2.13. The van der Waals surface area contributed by atoms with E-state index in [1.165, 1.54) is 0 Å². The molecule has 0 saturated heterocycles. The van der Waals surface area contributed by atoms with Gasteiger partial charge in [0, 0.05) is 24.5 Å². The topological polar surface area (TPSA) is 53.6 Å². The van der Waals surface area contributed by atoms with E-state index in [1.54, 1.807) is 25.2 Å². The number of fused-ring (bicyclic) bond motifs is 1. The van der Waals surface area contributed by atoms with Gasteiger partial charge in [-0.2, -0.15) is 13.2 Å². The zero-order valence-corrected chi connectivity index (χ0v) is 12.0. The molecular weight excluding hydrogens is 317 g/mol. The van der Waals surface area contributed by atoms with Crippen LogP contribution in [0.25, 0.3) is 22.6 Å². The number of anilines is 1. The van der Waals surface area contributed by atoms with E-state index in [0.717, 1.165) is 18.0 Å². The first-order valence-corrected chi connectivity index (χ1v) is 6.67. The molecule has 0 aliphatic rings. The third-order valence-corrected chi connectivity index (χ3v) is 3.50. The fraction of sp³-hybridized carbons (Fsp3) is 0.143. The summed E-state index contributed by atoms with van der Waals surface area (Å²) in [4.78, 5) is 10.8. The lowest BCUT2D eigenvalue weighted by Crippen LogP contribution is -2.05. The van der Waals surface area contributed by atoms with Crippen LogP contribution in [0.1, 0.15) is 5.56 Å². The Kier molecular flexibility index (Phi) is 3.44. The Morgan fingerprint density at radius 2 is 2.00 bits per heavy atom. The van der Waals surface area contributed by atoms with Crippen LogP contribution in [0.2, 0.25) is 5.02 Å². The standard InChI is InChI=1S/C14H10ClF3N4/c1-19-8-2-3-10(15)9(5-8)12-21-11-4-7(14(16,17)18)6-20-13(11)22-12/h2-6,19H,1H3,(H,20,21,22). The number of halogens is 4. The third kappa shape index (κ3) is 2.59. The minimum absolute atomic E-state index is 0.203. The SMILES string of the molecule is CNc1ccc(Cl)c(-c2nc3ncc(C(F)(F)F)cc3[nH]2)c1. The molecule has 0 atom stereocenters. The number of nitrogens with zero attached hydrogens (tertiary/aromatic N) is 2. The molecule has 3 aromatic rings. The Morgan fingerprint density at radius 1 is 1.23 bits per heavy atom. The molecule has 4 nitrogen and oxygen atoms in total. The van der Waals surface area contributed by atoms with Crippen LogP contribution in [-0.4, -0.2) is 22.0 Å². The zero-order chi connectivity index (χ0) is 15.9. The van der Waals surface area contributed by atoms with Gasteiger partial charge in [-0.15, -0.1) is 0 Å². The van der Waals surface area contributed by atoms with E-state index in [1.807, 2.05) is 0 Å². The van der Waals surface area contributed by atoms with Crippen molar-refractivity contribution >= 4 is 28.5 Å². The van der Waals surface area contributed by atoms with Gasteiger partial charge < -0.3 is 10.3 Å². The molecule has 0 aliphatic carbocycles. The molecule has 1 aromatic carbocycles. The number of rotatable bonds is 2. The molecule has 114 valence electrons. The van der Waals surface area contributed by atoms with Crippen molar-refractivity contribution in [1.82, 2.24) is 15.0 Å². The van der Waals surface area contributed by atoms with Gasteiger partial charge in [0.1, 0.15) is 5.82 Å². The van der Waals surface area contributed by atoms with Crippen LogP contribution in [0.4, 0.5) is 18.9 Å². The molecule has 2 aromatic heterocycles. The van der Waals surface area contributed by atoms with E-state index in [0.29, 0.717) is 16.4 Å². The number of pyridine rings is 1. The molecule has 22 heavy (non-hydrogen) atoms. The highest BCUT2D eigenvalue weighted by molar-refractivity contribution is 6.33. The fourth-order valence-corrected chi connectivity index (χ4v) is 2.25. The number of H-pyrrole nitrogens is 1. The molecule has 3 rings (SSSR count). The van der Waals surface area contributed by atoms with Gasteiger partial charge in [-0.1, -0.05) is 11.6 Å². The minimum Gasteiger partial charge on any atom is -0.388 e. The summed E-state index contributed by atoms with van der Waals surface area (Å²) < 4.78 is 38.1. The van der Waals surface area contributed by atoms with Gasteiger partial charge >= 0.3 is 6.18 Å². The van der Waals surface area contributed by atoms with Crippen molar-refractivity contribution in [3.8, 4) is 11.4 Å². The second-order valence-electron chi connectivity index (χ2n) is 4.62. The maximum Gasteiger partial charge on any atom is 0.417 e. The Hall–Kier alpha value is -2.28. The summed E-state index contributed by atoms with van der Waals surface area (Å²) >= 11 is 6.13. The number of hydrogen-bond acceptors (Lipinski definition) is 3. The van der Waals surface area contributed by atoms with E-state index < -0.39 is 11.7 Å². The summed E-state index contributed by atoms with van der Waals surface area (Å²) in [5.74, 6) is 0.365. The summed E-state index contributed by atoms with van der Waals surface area (Å²) in [5.41, 5.74) is 0.971. The fourth-order valence-electron chi connectivity index (χ4n) is 2.04. The quantitative estimate of drug-likeness (QED) is 0.736. The minimum atomic E-state index is -4.45. The van der Waals surface area contributed by atoms with Gasteiger partial charge in [-0.25, -0.2) is 9.97 Å². The molecule has 0 amide bonds. The largest absolute Gasteiger partial charge is 0.417 e. The number of aromatic nitrogens is 3. The lowest BCUT2D eigenvalue weighted by Gasteiger charge is -2.05. The van der Waals surface area contributed by atoms with Gasteiger partial charge in [-0.3, -0.25) is 0 Å². The number of hydrogen-bond donors (Lipinski definition) is 2. The Morgan fingerprint density at radius 3 is 2.68 bits per heavy atom. The van der Waals surface area contributed by atoms with Gasteiger partial charge in [0.15, 0.2) is 5.65 Å². The van der Waals surface area contributed by atoms with Crippen molar-refractivity contribution in [2.75, 3.05) is 12.4 Å². The van der Waals surface area contributed by atoms with E-state index in [2.05, 4.69) is 20.3 Å². The summed E-state index contributed by atoms with van der Waals surface area (Å²) in [6.07, 6.45) is -3.69. The van der Waals surface area contributed by atoms with Crippen LogP contribution < -0.4 is 5.32 Å². The second kappa shape index (κ2) is 5.17.